The third-order valence-corrected chi connectivity index (χ3v) is 17.5. The molecule has 2 aliphatic heterocycles. The third-order valence-electron chi connectivity index (χ3n) is 17.5. The molecule has 36 heteroatoms. The van der Waals surface area contributed by atoms with Crippen molar-refractivity contribution in [2.45, 2.75) is 37.3 Å². The molecule has 4 atom stereocenters. The van der Waals surface area contributed by atoms with Crippen LogP contribution in [0.15, 0.2) is 159 Å². The first-order chi connectivity index (χ1) is 53.4. The van der Waals surface area contributed by atoms with Gasteiger partial charge in [-0.25, -0.2) is 9.59 Å². The predicted octanol–water partition coefficient (Wildman–Crippen LogP) is 7.07. The molecule has 0 radical (unpaired) electrons. The van der Waals surface area contributed by atoms with Crippen molar-refractivity contribution in [3.63, 3.8) is 0 Å². The molecular weight excluding hydrogens is 1500 g/mol. The van der Waals surface area contributed by atoms with Gasteiger partial charge in [-0.2, -0.15) is 0 Å². The SMILES string of the molecule is O=C(O[C@@H]1Cc2c(O)cc(O)cc2O[C@@H]1c1cc(=O)c(O)c2c(O)c(O)ccc2c1)c1cc(O)c(O)c(O)c1.O=C(O[C@@H]1Cc2c(O)cc(O)cc2O[C@@H]1c1cc(O)c(O)c2c(=O)c(O)cccc12)c1cc(O)c(O)c(O)c1.O=COc1cc(=O)c(O)c2c(O)c(O)c(O)cc2c1.O=c1cccc2cc(O)c(O)c(O)c2c1O. The maximum absolute atomic E-state index is 13.0. The van der Waals surface area contributed by atoms with Crippen molar-refractivity contribution in [3.8, 4) is 155 Å². The summed E-state index contributed by atoms with van der Waals surface area (Å²) in [5, 5.41) is 235. The predicted molar refractivity (Wildman–Crippen MR) is 386 cm³/mol. The summed E-state index contributed by atoms with van der Waals surface area (Å²) in [5.41, 5.74) is -3.86. The number of fused-ring (bicyclic) bond motifs is 6. The number of aromatic hydroxyl groups is 24. The first-order valence-electron chi connectivity index (χ1n) is 32.1. The Morgan fingerprint density at radius 1 is 0.345 bits per heavy atom. The van der Waals surface area contributed by atoms with Gasteiger partial charge in [-0.15, -0.1) is 0 Å². The molecule has 0 unspecified atom stereocenters. The van der Waals surface area contributed by atoms with Gasteiger partial charge in [0.2, 0.25) is 33.2 Å². The van der Waals surface area contributed by atoms with Gasteiger partial charge in [0.15, 0.2) is 116 Å². The molecule has 580 valence electrons. The molecule has 0 saturated heterocycles. The van der Waals surface area contributed by atoms with Crippen LogP contribution in [0.25, 0.3) is 43.1 Å². The summed E-state index contributed by atoms with van der Waals surface area (Å²) in [5.74, 6) is -18.9. The van der Waals surface area contributed by atoms with Crippen LogP contribution < -0.4 is 35.9 Å². The Bertz CT molecular complexity index is 6220. The van der Waals surface area contributed by atoms with Gasteiger partial charge in [0.25, 0.3) is 6.47 Å². The van der Waals surface area contributed by atoms with Crippen LogP contribution >= 0.6 is 0 Å². The van der Waals surface area contributed by atoms with Crippen LogP contribution in [0.5, 0.6) is 155 Å². The fourth-order valence-corrected chi connectivity index (χ4v) is 12.1. The largest absolute Gasteiger partial charge is 0.508 e. The minimum atomic E-state index is -1.32. The van der Waals surface area contributed by atoms with Crippen LogP contribution in [0.2, 0.25) is 0 Å². The van der Waals surface area contributed by atoms with Crippen LogP contribution in [-0.4, -0.2) is 153 Å². The summed E-state index contributed by atoms with van der Waals surface area (Å²) >= 11 is 0. The highest BCUT2D eigenvalue weighted by atomic mass is 16.6. The Balaban J connectivity index is 0.000000159. The second-order valence-corrected chi connectivity index (χ2v) is 24.7. The van der Waals surface area contributed by atoms with Gasteiger partial charge in [0.05, 0.1) is 32.7 Å². The summed E-state index contributed by atoms with van der Waals surface area (Å²) in [7, 11) is 0. The fraction of sp³-hybridized carbons (Fsp3) is 0.0779. The number of esters is 2. The molecule has 0 amide bonds. The Hall–Kier alpha value is -16.4. The summed E-state index contributed by atoms with van der Waals surface area (Å²) in [6.45, 7) is 0.0811. The van der Waals surface area contributed by atoms with E-state index in [4.69, 9.17) is 18.9 Å². The van der Waals surface area contributed by atoms with E-state index in [-0.39, 0.29) is 131 Å². The molecule has 0 bridgehead atoms. The van der Waals surface area contributed by atoms with Gasteiger partial charge in [-0.1, -0.05) is 30.3 Å². The second kappa shape index (κ2) is 30.4. The first-order valence-corrected chi connectivity index (χ1v) is 32.1. The molecule has 0 fully saturated rings. The topological polar surface area (TPSA) is 651 Å². The third kappa shape index (κ3) is 15.1. The smallest absolute Gasteiger partial charge is 0.338 e. The van der Waals surface area contributed by atoms with Gasteiger partial charge in [-0.05, 0) is 100 Å². The van der Waals surface area contributed by atoms with Crippen LogP contribution in [0.1, 0.15) is 55.2 Å². The zero-order chi connectivity index (χ0) is 82.4. The maximum Gasteiger partial charge on any atom is 0.338 e. The molecule has 0 aliphatic carbocycles. The number of phenols is 20. The van der Waals surface area contributed by atoms with Crippen LogP contribution in [0, 0.1) is 0 Å². The lowest BCUT2D eigenvalue weighted by Gasteiger charge is -2.34. The lowest BCUT2D eigenvalue weighted by Crippen LogP contribution is -2.35. The van der Waals surface area contributed by atoms with Crippen LogP contribution in [-0.2, 0) is 27.1 Å². The molecule has 113 heavy (non-hydrogen) atoms. The number of hydrogen-bond acceptors (Lipinski definition) is 36. The van der Waals surface area contributed by atoms with Crippen LogP contribution in [0.4, 0.5) is 0 Å². The Morgan fingerprint density at radius 3 is 1.31 bits per heavy atom. The van der Waals surface area contributed by atoms with Crippen molar-refractivity contribution in [2.75, 3.05) is 0 Å². The Kier molecular flexibility index (Phi) is 20.9. The zero-order valence-corrected chi connectivity index (χ0v) is 56.7. The number of carbonyl (C=O) groups excluding carboxylic acids is 3. The van der Waals surface area contributed by atoms with Crippen molar-refractivity contribution in [1.82, 2.24) is 0 Å². The molecule has 36 nitrogen and oxygen atoms in total. The molecule has 24 N–H and O–H groups in total. The quantitative estimate of drug-likeness (QED) is 0.0410. The van der Waals surface area contributed by atoms with Crippen molar-refractivity contribution >= 4 is 61.5 Å². The van der Waals surface area contributed by atoms with E-state index in [1.807, 2.05) is 0 Å². The molecular formula is C77H56O36. The zero-order valence-electron chi connectivity index (χ0n) is 56.7. The van der Waals surface area contributed by atoms with Gasteiger partial charge in [0.1, 0.15) is 52.5 Å². The number of phenolic OH excluding ortho intramolecular Hbond substituents is 20. The van der Waals surface area contributed by atoms with E-state index in [0.717, 1.165) is 91.0 Å². The molecule has 12 aromatic carbocycles. The van der Waals surface area contributed by atoms with Gasteiger partial charge in [-0.3, -0.25) is 24.0 Å². The number of rotatable bonds is 8. The van der Waals surface area contributed by atoms with E-state index >= 15 is 0 Å². The van der Waals surface area contributed by atoms with Crippen LogP contribution in [0.3, 0.4) is 0 Å². The normalized spacial score (nSPS) is 14.5. The van der Waals surface area contributed by atoms with Gasteiger partial charge >= 0.3 is 11.9 Å². The van der Waals surface area contributed by atoms with Crippen molar-refractivity contribution < 1.29 is 161 Å². The molecule has 2 aliphatic rings. The van der Waals surface area contributed by atoms with E-state index in [0.29, 0.717) is 0 Å². The number of carbonyl (C=O) groups is 3. The second-order valence-electron chi connectivity index (χ2n) is 24.7. The highest BCUT2D eigenvalue weighted by Gasteiger charge is 2.40. The summed E-state index contributed by atoms with van der Waals surface area (Å²) < 4.78 is 27.7. The Labute approximate surface area is 626 Å². The molecule has 12 aromatic rings. The highest BCUT2D eigenvalue weighted by molar-refractivity contribution is 5.99. The van der Waals surface area contributed by atoms with Crippen molar-refractivity contribution in [3.05, 3.63) is 214 Å². The molecule has 0 spiro atoms. The van der Waals surface area contributed by atoms with E-state index in [2.05, 4.69) is 4.74 Å². The number of hydrogen-bond donors (Lipinski definition) is 24. The average Bonchev–Trinajstić information content (AvgIpc) is 1.63. The molecule has 14 rings (SSSR count). The summed E-state index contributed by atoms with van der Waals surface area (Å²) in [4.78, 5) is 84.7. The first kappa shape index (κ1) is 77.7. The monoisotopic (exact) mass is 1560 g/mol. The van der Waals surface area contributed by atoms with Crippen molar-refractivity contribution in [2.24, 2.45) is 0 Å². The Morgan fingerprint density at radius 2 is 0.779 bits per heavy atom. The minimum absolute atomic E-state index is 0.00376. The fourth-order valence-electron chi connectivity index (χ4n) is 12.1. The van der Waals surface area contributed by atoms with Gasteiger partial charge in [0, 0.05) is 65.4 Å². The number of benzene rings is 8. The lowest BCUT2D eigenvalue weighted by atomic mass is 9.91. The maximum atomic E-state index is 13.0. The lowest BCUT2D eigenvalue weighted by molar-refractivity contribution is -0.120. The standard InChI is InChI=1S/2C27H20O12.C12H8O7.C11H8O5/c28-13-7-16(30)14-9-21(39-27(37)12-5-17(31)23(34)18(32)6-12)26(38-20(14)8-13)11-3-10-1-2-15(29)24(35)22(10)25(36)19(33)4-11;28-11-6-16(30)14-9-21(39-27(37)10-4-17(31)23(34)18(32)5-10)26(38-20(14)7-11)13-8-19(33)25(36)22-12(13)2-1-3-15(29)24(22)35;13-4-19-6-1-5-2-7(14)11(17)12(18)9(5)10(16)8(15)3-6;12-6-3-1-2-5-4-7(13)10(15)11(16)8(5)9(6)14/h1-8,21,26,28-32,34-35H,9H2,(H,33,36);1-8,21,26,28,30-34,36H,9H2,(H,29,35);1-4,14,17-18H,(H,15,16);1-4,13,15-16H,(H,12,14)/t2*21-,26-;;/m11../s1. The number of ether oxygens (including phenoxy) is 5. The van der Waals surface area contributed by atoms with E-state index in [1.54, 1.807) is 0 Å². The molecule has 0 saturated carbocycles. The average molecular weight is 1560 g/mol. The van der Waals surface area contributed by atoms with Gasteiger partial charge < -0.3 is 146 Å². The minimum Gasteiger partial charge on any atom is -0.508 e. The summed E-state index contributed by atoms with van der Waals surface area (Å²) in [6.07, 6.45) is -5.54. The van der Waals surface area contributed by atoms with E-state index in [1.165, 1.54) is 48.5 Å². The summed E-state index contributed by atoms with van der Waals surface area (Å²) in [6, 6.07) is 25.6. The molecule has 0 aromatic heterocycles. The van der Waals surface area contributed by atoms with E-state index < -0.39 is 178 Å². The highest BCUT2D eigenvalue weighted by Crippen LogP contribution is 2.51. The van der Waals surface area contributed by atoms with Crippen molar-refractivity contribution in [1.29, 1.82) is 0 Å². The van der Waals surface area contributed by atoms with E-state index in [9.17, 15) is 156 Å². The molecule has 2 heterocycles.